The number of hydrogen-bond acceptors (Lipinski definition) is 2. The summed E-state index contributed by atoms with van der Waals surface area (Å²) in [5.74, 6) is 1.86. The first-order valence-corrected chi connectivity index (χ1v) is 10.2. The highest BCUT2D eigenvalue weighted by atomic mass is 35.5. The molecule has 5 rings (SSSR count). The average Bonchev–Trinajstić information content (AvgIpc) is 3.01. The van der Waals surface area contributed by atoms with Crippen molar-refractivity contribution in [2.24, 2.45) is 17.8 Å². The largest absolute Gasteiger partial charge is 0.380 e. The zero-order chi connectivity index (χ0) is 18.0. The summed E-state index contributed by atoms with van der Waals surface area (Å²) in [6.07, 6.45) is 5.60. The Morgan fingerprint density at radius 1 is 0.852 bits per heavy atom. The summed E-state index contributed by atoms with van der Waals surface area (Å²) < 4.78 is 0. The Morgan fingerprint density at radius 2 is 1.26 bits per heavy atom. The van der Waals surface area contributed by atoms with Crippen LogP contribution in [-0.4, -0.2) is 29.6 Å². The molecule has 27 heavy (non-hydrogen) atoms. The molecule has 3 fully saturated rings. The summed E-state index contributed by atoms with van der Waals surface area (Å²) >= 11 is 0. The molecule has 0 aromatic heterocycles. The molecule has 0 radical (unpaired) electrons. The molecule has 2 aliphatic heterocycles. The van der Waals surface area contributed by atoms with Gasteiger partial charge in [0.05, 0.1) is 0 Å². The molecule has 146 valence electrons. The van der Waals surface area contributed by atoms with Crippen LogP contribution in [0.15, 0.2) is 60.7 Å². The maximum Gasteiger partial charge on any atom is 0.118 e. The predicted octanol–water partition coefficient (Wildman–Crippen LogP) is 5.10. The van der Waals surface area contributed by atoms with E-state index in [-0.39, 0.29) is 18.3 Å². The summed E-state index contributed by atoms with van der Waals surface area (Å²) in [6.45, 7) is 5.58. The van der Waals surface area contributed by atoms with Crippen LogP contribution in [0.25, 0.3) is 0 Å². The highest BCUT2D eigenvalue weighted by Crippen LogP contribution is 2.39. The van der Waals surface area contributed by atoms with E-state index in [1.54, 1.807) is 0 Å². The first-order chi connectivity index (χ1) is 12.7. The molecule has 2 heterocycles. The fourth-order valence-electron chi connectivity index (χ4n) is 5.19. The van der Waals surface area contributed by atoms with Crippen molar-refractivity contribution in [1.29, 1.82) is 0 Å². The van der Waals surface area contributed by atoms with Crippen molar-refractivity contribution >= 4 is 12.4 Å². The Balaban J connectivity index is 0.00000210. The molecule has 0 spiro atoms. The topological polar surface area (TPSA) is 23.5 Å². The van der Waals surface area contributed by atoms with E-state index in [0.29, 0.717) is 0 Å². The van der Waals surface area contributed by atoms with Crippen LogP contribution in [0.2, 0.25) is 0 Å². The smallest absolute Gasteiger partial charge is 0.118 e. The summed E-state index contributed by atoms with van der Waals surface area (Å²) in [5.41, 5.74) is 1.04. The normalized spacial score (nSPS) is 24.1. The molecular formula is C24H32ClNO. The van der Waals surface area contributed by atoms with Gasteiger partial charge in [-0.25, -0.2) is 0 Å². The van der Waals surface area contributed by atoms with E-state index >= 15 is 0 Å². The van der Waals surface area contributed by atoms with Crippen LogP contribution in [0.4, 0.5) is 0 Å². The van der Waals surface area contributed by atoms with Crippen molar-refractivity contribution in [2.75, 3.05) is 19.6 Å². The van der Waals surface area contributed by atoms with Crippen molar-refractivity contribution in [3.63, 3.8) is 0 Å². The summed E-state index contributed by atoms with van der Waals surface area (Å²) in [5, 5.41) is 11.9. The summed E-state index contributed by atoms with van der Waals surface area (Å²) in [4.78, 5) is 2.64. The molecule has 2 saturated heterocycles. The molecule has 1 N–H and O–H groups in total. The monoisotopic (exact) mass is 385 g/mol. The third kappa shape index (κ3) is 4.23. The van der Waals surface area contributed by atoms with E-state index < -0.39 is 5.60 Å². The molecule has 1 atom stereocenters. The lowest BCUT2D eigenvalue weighted by molar-refractivity contribution is 0.00604. The number of rotatable bonds is 5. The van der Waals surface area contributed by atoms with Gasteiger partial charge in [0.25, 0.3) is 0 Å². The molecule has 2 aromatic carbocycles. The average molecular weight is 386 g/mol. The minimum atomic E-state index is -0.951. The molecule has 2 aromatic rings. The molecule has 1 saturated carbocycles. The van der Waals surface area contributed by atoms with Gasteiger partial charge in [-0.2, -0.15) is 0 Å². The van der Waals surface area contributed by atoms with Crippen LogP contribution in [0.5, 0.6) is 0 Å². The highest BCUT2D eigenvalue weighted by Gasteiger charge is 2.39. The Morgan fingerprint density at radius 3 is 1.67 bits per heavy atom. The van der Waals surface area contributed by atoms with Gasteiger partial charge in [-0.1, -0.05) is 67.6 Å². The second-order valence-corrected chi connectivity index (χ2v) is 8.50. The van der Waals surface area contributed by atoms with E-state index in [0.717, 1.165) is 29.5 Å². The minimum absolute atomic E-state index is 0. The van der Waals surface area contributed by atoms with Gasteiger partial charge in [0, 0.05) is 25.6 Å². The van der Waals surface area contributed by atoms with Gasteiger partial charge in [0.1, 0.15) is 5.60 Å². The zero-order valence-electron chi connectivity index (χ0n) is 16.3. The number of benzene rings is 2. The van der Waals surface area contributed by atoms with Crippen molar-refractivity contribution in [2.45, 2.75) is 38.2 Å². The molecule has 2 nitrogen and oxygen atoms in total. The first kappa shape index (κ1) is 20.4. The summed E-state index contributed by atoms with van der Waals surface area (Å²) in [7, 11) is 0. The van der Waals surface area contributed by atoms with Crippen LogP contribution >= 0.6 is 12.4 Å². The van der Waals surface area contributed by atoms with E-state index in [1.165, 1.54) is 38.8 Å². The van der Waals surface area contributed by atoms with E-state index in [4.69, 9.17) is 0 Å². The lowest BCUT2D eigenvalue weighted by atomic mass is 9.76. The van der Waals surface area contributed by atoms with Gasteiger partial charge in [0.2, 0.25) is 0 Å². The fourth-order valence-corrected chi connectivity index (χ4v) is 5.19. The van der Waals surface area contributed by atoms with E-state index in [1.807, 2.05) is 36.4 Å². The Kier molecular flexibility index (Phi) is 6.62. The number of aliphatic hydroxyl groups is 1. The molecule has 1 aliphatic carbocycles. The lowest BCUT2D eigenvalue weighted by Gasteiger charge is -2.38. The number of fused-ring (bicyclic) bond motifs is 4. The number of nitrogens with zero attached hydrogens (tertiary/aromatic N) is 1. The van der Waals surface area contributed by atoms with E-state index in [2.05, 4.69) is 36.1 Å². The third-order valence-electron chi connectivity index (χ3n) is 6.67. The second kappa shape index (κ2) is 8.77. The van der Waals surface area contributed by atoms with Gasteiger partial charge in [-0.3, -0.25) is 0 Å². The van der Waals surface area contributed by atoms with Crippen LogP contribution in [0.1, 0.15) is 43.7 Å². The Hall–Kier alpha value is -1.35. The van der Waals surface area contributed by atoms with Crippen molar-refractivity contribution < 1.29 is 5.11 Å². The molecule has 2 bridgehead atoms. The van der Waals surface area contributed by atoms with Gasteiger partial charge < -0.3 is 10.0 Å². The maximum absolute atomic E-state index is 11.9. The van der Waals surface area contributed by atoms with Crippen LogP contribution in [-0.2, 0) is 5.60 Å². The number of hydrogen-bond donors (Lipinski definition) is 1. The van der Waals surface area contributed by atoms with E-state index in [9.17, 15) is 5.11 Å². The first-order valence-electron chi connectivity index (χ1n) is 10.2. The van der Waals surface area contributed by atoms with Crippen molar-refractivity contribution in [3.8, 4) is 0 Å². The lowest BCUT2D eigenvalue weighted by Crippen LogP contribution is -2.43. The van der Waals surface area contributed by atoms with Crippen molar-refractivity contribution in [1.82, 2.24) is 4.90 Å². The molecule has 1 unspecified atom stereocenters. The Labute approximate surface area is 170 Å². The van der Waals surface area contributed by atoms with Crippen LogP contribution < -0.4 is 0 Å². The zero-order valence-corrected chi connectivity index (χ0v) is 17.1. The quantitative estimate of drug-likeness (QED) is 0.773. The molecular weight excluding hydrogens is 354 g/mol. The third-order valence-corrected chi connectivity index (χ3v) is 6.67. The molecule has 3 aliphatic rings. The minimum Gasteiger partial charge on any atom is -0.380 e. The molecule has 3 heteroatoms. The molecule has 0 amide bonds. The van der Waals surface area contributed by atoms with Gasteiger partial charge in [-0.15, -0.1) is 12.4 Å². The number of halogens is 1. The SMILES string of the molecule is CC(CN1CC2CCC(CC2)C1)C(O)(c1ccccc1)c1ccccc1.Cl. The van der Waals surface area contributed by atoms with Gasteiger partial charge in [-0.05, 0) is 48.6 Å². The Bertz CT molecular complexity index is 643. The highest BCUT2D eigenvalue weighted by molar-refractivity contribution is 5.85. The maximum atomic E-state index is 11.9. The van der Waals surface area contributed by atoms with Crippen LogP contribution in [0, 0.1) is 17.8 Å². The second-order valence-electron chi connectivity index (χ2n) is 8.50. The summed E-state index contributed by atoms with van der Waals surface area (Å²) in [6, 6.07) is 20.4. The van der Waals surface area contributed by atoms with Crippen molar-refractivity contribution in [3.05, 3.63) is 71.8 Å². The van der Waals surface area contributed by atoms with Gasteiger partial charge >= 0.3 is 0 Å². The standard InChI is InChI=1S/C24H31NO.ClH/c1-19(16-25-17-20-12-13-21(18-25)15-14-20)24(26,22-8-4-2-5-9-22)23-10-6-3-7-11-23;/h2-11,19-21,26H,12-18H2,1H3;1H. The van der Waals surface area contributed by atoms with Crippen LogP contribution in [0.3, 0.4) is 0 Å². The predicted molar refractivity (Wildman–Crippen MR) is 114 cm³/mol. The fraction of sp³-hybridized carbons (Fsp3) is 0.500. The van der Waals surface area contributed by atoms with Gasteiger partial charge in [0.15, 0.2) is 0 Å².